The molecule has 0 saturated carbocycles. The summed E-state index contributed by atoms with van der Waals surface area (Å²) in [5.41, 5.74) is 1.11. The SMILES string of the molecule is [2H]C([2H])([2H])N(C([2H])([2H])CCN1C(=O)Cc2cc(OC)c(OC)cc2C([2H])([2H])C1([2H])[2H])C([2H])([2H])C1Cc2cc(OC)c(OC)cc21. The highest BCUT2D eigenvalue weighted by molar-refractivity contribution is 5.80. The second kappa shape index (κ2) is 10.6. The predicted molar refractivity (Wildman–Crippen MR) is 132 cm³/mol. The molecule has 2 aliphatic rings. The van der Waals surface area contributed by atoms with Gasteiger partial charge in [0.1, 0.15) is 0 Å². The number of methoxy groups -OCH3 is 4. The summed E-state index contributed by atoms with van der Waals surface area (Å²) in [5.74, 6) is -0.904. The van der Waals surface area contributed by atoms with E-state index in [1.54, 1.807) is 6.07 Å². The lowest BCUT2D eigenvalue weighted by Gasteiger charge is -2.34. The Kier molecular flexibility index (Phi) is 4.29. The highest BCUT2D eigenvalue weighted by atomic mass is 16.5. The quantitative estimate of drug-likeness (QED) is 0.521. The Balaban J connectivity index is 1.67. The Hall–Kier alpha value is -2.93. The van der Waals surface area contributed by atoms with E-state index in [-0.39, 0.29) is 33.9 Å². The largest absolute Gasteiger partial charge is 0.493 e. The summed E-state index contributed by atoms with van der Waals surface area (Å²) in [7, 11) is 5.53. The average Bonchev–Trinajstić information content (AvgIpc) is 2.96. The van der Waals surface area contributed by atoms with E-state index in [9.17, 15) is 4.79 Å². The third kappa shape index (κ3) is 4.94. The van der Waals surface area contributed by atoms with Gasteiger partial charge in [-0.1, -0.05) is 0 Å². The van der Waals surface area contributed by atoms with Gasteiger partial charge in [0, 0.05) is 40.5 Å². The molecule has 34 heavy (non-hydrogen) atoms. The normalized spacial score (nSPS) is 25.9. The zero-order valence-corrected chi connectivity index (χ0v) is 19.7. The molecule has 2 aromatic rings. The maximum atomic E-state index is 13.4. The average molecular weight is 480 g/mol. The number of carbonyl (C=O) groups is 1. The maximum absolute atomic E-state index is 13.4. The molecule has 0 spiro atoms. The molecule has 4 rings (SSSR count). The molecule has 7 heteroatoms. The lowest BCUT2D eigenvalue weighted by atomic mass is 9.77. The zero-order valence-electron chi connectivity index (χ0n) is 30.7. The first-order valence-electron chi connectivity index (χ1n) is 16.3. The Morgan fingerprint density at radius 1 is 1.00 bits per heavy atom. The van der Waals surface area contributed by atoms with Gasteiger partial charge in [0.05, 0.1) is 34.9 Å². The fourth-order valence-electron chi connectivity index (χ4n) is 4.04. The van der Waals surface area contributed by atoms with E-state index in [4.69, 9.17) is 34.0 Å². The fourth-order valence-corrected chi connectivity index (χ4v) is 4.04. The Bertz CT molecular complexity index is 1470. The van der Waals surface area contributed by atoms with Gasteiger partial charge < -0.3 is 28.7 Å². The van der Waals surface area contributed by atoms with Crippen LogP contribution in [0.4, 0.5) is 0 Å². The van der Waals surface area contributed by atoms with Crippen LogP contribution in [0.1, 0.15) is 49.7 Å². The van der Waals surface area contributed by atoms with Crippen LogP contribution in [0.3, 0.4) is 0 Å². The van der Waals surface area contributed by atoms with Crippen molar-refractivity contribution < 1.29 is 38.8 Å². The van der Waals surface area contributed by atoms with E-state index in [1.165, 1.54) is 46.6 Å². The number of rotatable bonds is 10. The molecule has 184 valence electrons. The van der Waals surface area contributed by atoms with Gasteiger partial charge in [-0.05, 0) is 79.2 Å². The van der Waals surface area contributed by atoms with Crippen LogP contribution in [0, 0.1) is 0 Å². The summed E-state index contributed by atoms with van der Waals surface area (Å²) in [6.45, 7) is -12.8. The van der Waals surface area contributed by atoms with E-state index >= 15 is 0 Å². The topological polar surface area (TPSA) is 60.5 Å². The van der Waals surface area contributed by atoms with Crippen LogP contribution in [-0.4, -0.2) is 77.2 Å². The minimum atomic E-state index is -3.29. The van der Waals surface area contributed by atoms with Gasteiger partial charge in [0.2, 0.25) is 5.91 Å². The van der Waals surface area contributed by atoms with Crippen LogP contribution in [-0.2, 0) is 24.0 Å². The molecule has 0 aromatic heterocycles. The van der Waals surface area contributed by atoms with Gasteiger partial charge >= 0.3 is 0 Å². The van der Waals surface area contributed by atoms with Crippen molar-refractivity contribution in [3.8, 4) is 23.0 Å². The summed E-state index contributed by atoms with van der Waals surface area (Å²) >= 11 is 0. The fraction of sp³-hybridized carbons (Fsp3) is 0.519. The number of aryl methyl sites for hydroxylation is 1. The second-order valence-electron chi connectivity index (χ2n) is 7.86. The van der Waals surface area contributed by atoms with Crippen LogP contribution >= 0.6 is 0 Å². The van der Waals surface area contributed by atoms with E-state index in [1.807, 2.05) is 0 Å². The molecular formula is C27H36N2O5. The van der Waals surface area contributed by atoms with Crippen molar-refractivity contribution in [3.05, 3.63) is 46.5 Å². The van der Waals surface area contributed by atoms with Crippen molar-refractivity contribution in [1.29, 1.82) is 0 Å². The zero-order chi connectivity index (χ0) is 33.9. The van der Waals surface area contributed by atoms with Gasteiger partial charge in [0.15, 0.2) is 23.0 Å². The first kappa shape index (κ1) is 13.8. The van der Waals surface area contributed by atoms with Crippen LogP contribution in [0.2, 0.25) is 0 Å². The molecular weight excluding hydrogens is 432 g/mol. The van der Waals surface area contributed by atoms with Crippen LogP contribution < -0.4 is 18.9 Å². The van der Waals surface area contributed by atoms with E-state index < -0.39 is 64.1 Å². The number of amides is 1. The first-order chi connectivity index (χ1) is 20.7. The Morgan fingerprint density at radius 2 is 1.62 bits per heavy atom. The number of fused-ring (bicyclic) bond motifs is 2. The summed E-state index contributed by atoms with van der Waals surface area (Å²) in [4.78, 5) is 14.1. The highest BCUT2D eigenvalue weighted by Crippen LogP contribution is 2.42. The van der Waals surface area contributed by atoms with Gasteiger partial charge in [-0.2, -0.15) is 0 Å². The second-order valence-corrected chi connectivity index (χ2v) is 7.86. The van der Waals surface area contributed by atoms with Gasteiger partial charge in [-0.15, -0.1) is 0 Å². The van der Waals surface area contributed by atoms with Crippen molar-refractivity contribution in [1.82, 2.24) is 9.80 Å². The number of hydrogen-bond donors (Lipinski definition) is 0. The van der Waals surface area contributed by atoms with E-state index in [0.717, 1.165) is 0 Å². The summed E-state index contributed by atoms with van der Waals surface area (Å²) in [5, 5.41) is 0. The third-order valence-corrected chi connectivity index (χ3v) is 5.91. The summed E-state index contributed by atoms with van der Waals surface area (Å²) < 4.78 is 116. The lowest BCUT2D eigenvalue weighted by molar-refractivity contribution is -0.130. The molecule has 0 radical (unpaired) electrons. The molecule has 1 unspecified atom stereocenters. The summed E-state index contributed by atoms with van der Waals surface area (Å²) in [6.07, 6.45) is -4.02. The number of hydrogen-bond acceptors (Lipinski definition) is 6. The third-order valence-electron chi connectivity index (χ3n) is 5.91. The number of ether oxygens (including phenoxy) is 4. The molecule has 1 aliphatic carbocycles. The van der Waals surface area contributed by atoms with Crippen LogP contribution in [0.5, 0.6) is 23.0 Å². The van der Waals surface area contributed by atoms with Crippen LogP contribution in [0.15, 0.2) is 24.3 Å². The molecule has 0 fully saturated rings. The molecule has 1 amide bonds. The van der Waals surface area contributed by atoms with Crippen molar-refractivity contribution in [2.45, 2.75) is 31.6 Å². The monoisotopic (exact) mass is 479 g/mol. The molecule has 1 aliphatic heterocycles. The Labute approximate surface area is 218 Å². The minimum Gasteiger partial charge on any atom is -0.493 e. The van der Waals surface area contributed by atoms with Gasteiger partial charge in [-0.3, -0.25) is 4.79 Å². The number of nitrogens with zero attached hydrogens (tertiary/aromatic N) is 2. The summed E-state index contributed by atoms with van der Waals surface area (Å²) in [6, 6.07) is 5.82. The van der Waals surface area contributed by atoms with Crippen molar-refractivity contribution in [2.24, 2.45) is 0 Å². The number of likely N-dealkylation sites (N-methyl/N-ethyl adjacent to an activating group) is 1. The maximum Gasteiger partial charge on any atom is 0.227 e. The molecule has 1 heterocycles. The van der Waals surface area contributed by atoms with Gasteiger partial charge in [-0.25, -0.2) is 0 Å². The molecule has 1 atom stereocenters. The van der Waals surface area contributed by atoms with E-state index in [0.29, 0.717) is 27.5 Å². The molecule has 0 saturated heterocycles. The Morgan fingerprint density at radius 3 is 2.26 bits per heavy atom. The predicted octanol–water partition coefficient (Wildman–Crippen LogP) is 3.31. The molecule has 0 N–H and O–H groups in total. The highest BCUT2D eigenvalue weighted by Gasteiger charge is 2.29. The van der Waals surface area contributed by atoms with Crippen molar-refractivity contribution in [2.75, 3.05) is 61.5 Å². The minimum absolute atomic E-state index is 0.0872. The smallest absolute Gasteiger partial charge is 0.227 e. The number of benzene rings is 2. The van der Waals surface area contributed by atoms with Crippen LogP contribution in [0.25, 0.3) is 0 Å². The number of carbonyl (C=O) groups excluding carboxylic acids is 1. The molecule has 0 bridgehead atoms. The van der Waals surface area contributed by atoms with Gasteiger partial charge in [0.25, 0.3) is 0 Å². The standard InChI is InChI=1S/C27H36N2O5/c1-28(17-21-11-20-14-25(33-4)26(34-5)16-22(20)21)8-6-9-29-10-7-18-12-23(31-2)24(32-3)13-19(18)15-27(29)30/h12-14,16,21H,6-11,15,17H2,1-5H3/i1D3,7D2,8D2,10D2,17D2. The van der Waals surface area contributed by atoms with Crippen molar-refractivity contribution >= 4 is 5.91 Å². The molecule has 2 aromatic carbocycles. The van der Waals surface area contributed by atoms with Crippen molar-refractivity contribution in [3.63, 3.8) is 0 Å². The van der Waals surface area contributed by atoms with E-state index in [2.05, 4.69) is 0 Å². The molecule has 7 nitrogen and oxygen atoms in total. The lowest BCUT2D eigenvalue weighted by Crippen LogP contribution is -2.36. The first-order valence-corrected chi connectivity index (χ1v) is 10.8.